The Hall–Kier alpha value is -1.95. The maximum atomic E-state index is 13.5. The number of carboxylic acid groups (broad SMARTS) is 1. The monoisotopic (exact) mass is 253 g/mol. The minimum Gasteiger partial charge on any atom is -0.477 e. The van der Waals surface area contributed by atoms with Crippen LogP contribution in [-0.4, -0.2) is 23.2 Å². The molecule has 0 bridgehead atoms. The van der Waals surface area contributed by atoms with Crippen molar-refractivity contribution in [3.8, 4) is 0 Å². The molecular formula is C12H12FNO4. The Morgan fingerprint density at radius 3 is 2.72 bits per heavy atom. The number of ether oxygens (including phenoxy) is 1. The number of carboxylic acids is 1. The summed E-state index contributed by atoms with van der Waals surface area (Å²) in [6.07, 6.45) is 0. The molecule has 0 unspecified atom stereocenters. The van der Waals surface area contributed by atoms with Gasteiger partial charge in [-0.25, -0.2) is 14.2 Å². The zero-order valence-electron chi connectivity index (χ0n) is 10.2. The van der Waals surface area contributed by atoms with E-state index < -0.39 is 23.0 Å². The lowest BCUT2D eigenvalue weighted by Crippen LogP contribution is -2.19. The number of nitrogens with zero attached hydrogens (tertiary/aromatic N) is 1. The van der Waals surface area contributed by atoms with Gasteiger partial charge in [0, 0.05) is 7.11 Å². The van der Waals surface area contributed by atoms with Gasteiger partial charge in [-0.15, -0.1) is 0 Å². The molecule has 1 N–H and O–H groups in total. The van der Waals surface area contributed by atoms with Crippen LogP contribution in [0.3, 0.4) is 0 Å². The first-order valence-corrected chi connectivity index (χ1v) is 5.25. The fourth-order valence-corrected chi connectivity index (χ4v) is 1.51. The van der Waals surface area contributed by atoms with E-state index in [0.717, 1.165) is 6.07 Å². The highest BCUT2D eigenvalue weighted by atomic mass is 19.1. The minimum atomic E-state index is -1.39. The number of hydrogen-bond donors (Lipinski definition) is 1. The molecule has 0 aliphatic heterocycles. The number of fused-ring (bicyclic) bond motifs is 1. The van der Waals surface area contributed by atoms with Gasteiger partial charge in [0.25, 0.3) is 0 Å². The number of aromatic carboxylic acids is 1. The van der Waals surface area contributed by atoms with Crippen molar-refractivity contribution in [3.05, 3.63) is 29.4 Å². The largest absolute Gasteiger partial charge is 0.477 e. The molecule has 0 aliphatic carbocycles. The summed E-state index contributed by atoms with van der Waals surface area (Å²) in [7, 11) is 1.48. The van der Waals surface area contributed by atoms with E-state index in [2.05, 4.69) is 4.98 Å². The number of rotatable bonds is 3. The number of halogens is 1. The number of aromatic nitrogens is 1. The Kier molecular flexibility index (Phi) is 2.82. The molecular weight excluding hydrogens is 241 g/mol. The number of methoxy groups -OCH3 is 1. The van der Waals surface area contributed by atoms with Crippen LogP contribution in [-0.2, 0) is 10.3 Å². The molecule has 0 spiro atoms. The summed E-state index contributed by atoms with van der Waals surface area (Å²) in [6.45, 7) is 3.43. The smallest absolute Gasteiger partial charge is 0.342 e. The third-order valence-corrected chi connectivity index (χ3v) is 2.75. The second kappa shape index (κ2) is 4.06. The molecule has 0 amide bonds. The lowest BCUT2D eigenvalue weighted by molar-refractivity contribution is -0.00249. The second-order valence-electron chi connectivity index (χ2n) is 4.31. The van der Waals surface area contributed by atoms with Gasteiger partial charge in [-0.1, -0.05) is 0 Å². The fraction of sp³-hybridized carbons (Fsp3) is 0.333. The van der Waals surface area contributed by atoms with E-state index in [1.54, 1.807) is 13.8 Å². The molecule has 96 valence electrons. The third kappa shape index (κ3) is 1.84. The number of hydrogen-bond acceptors (Lipinski definition) is 4. The molecule has 0 fully saturated rings. The van der Waals surface area contributed by atoms with Gasteiger partial charge in [-0.2, -0.15) is 0 Å². The second-order valence-corrected chi connectivity index (χ2v) is 4.31. The first-order chi connectivity index (χ1) is 8.36. The van der Waals surface area contributed by atoms with Gasteiger partial charge in [0.15, 0.2) is 5.58 Å². The fourth-order valence-electron chi connectivity index (χ4n) is 1.51. The maximum Gasteiger partial charge on any atom is 0.342 e. The zero-order valence-corrected chi connectivity index (χ0v) is 10.2. The Labute approximate surface area is 102 Å². The maximum absolute atomic E-state index is 13.5. The normalized spacial score (nSPS) is 12.0. The van der Waals surface area contributed by atoms with E-state index in [-0.39, 0.29) is 17.0 Å². The molecule has 18 heavy (non-hydrogen) atoms. The van der Waals surface area contributed by atoms with Gasteiger partial charge in [-0.05, 0) is 26.0 Å². The molecule has 1 aromatic heterocycles. The Morgan fingerprint density at radius 1 is 1.50 bits per heavy atom. The lowest BCUT2D eigenvalue weighted by atomic mass is 10.1. The van der Waals surface area contributed by atoms with Crippen LogP contribution in [0, 0.1) is 5.82 Å². The highest BCUT2D eigenvalue weighted by Gasteiger charge is 2.28. The minimum absolute atomic E-state index is 0.0809. The van der Waals surface area contributed by atoms with Crippen LogP contribution in [0.25, 0.3) is 11.1 Å². The topological polar surface area (TPSA) is 72.6 Å². The van der Waals surface area contributed by atoms with E-state index in [1.165, 1.54) is 13.2 Å². The molecule has 0 aliphatic rings. The van der Waals surface area contributed by atoms with Crippen molar-refractivity contribution in [1.29, 1.82) is 0 Å². The lowest BCUT2D eigenvalue weighted by Gasteiger charge is -2.17. The predicted octanol–water partition coefficient (Wildman–Crippen LogP) is 2.55. The van der Waals surface area contributed by atoms with Gasteiger partial charge in [0.1, 0.15) is 22.5 Å². The van der Waals surface area contributed by atoms with E-state index in [1.807, 2.05) is 0 Å². The summed E-state index contributed by atoms with van der Waals surface area (Å²) in [5, 5.41) is 8.97. The summed E-state index contributed by atoms with van der Waals surface area (Å²) >= 11 is 0. The van der Waals surface area contributed by atoms with Gasteiger partial charge in [0.05, 0.1) is 0 Å². The average Bonchev–Trinajstić information content (AvgIpc) is 2.72. The first kappa shape index (κ1) is 12.5. The van der Waals surface area contributed by atoms with Gasteiger partial charge >= 0.3 is 5.97 Å². The van der Waals surface area contributed by atoms with Crippen LogP contribution in [0.4, 0.5) is 4.39 Å². The SMILES string of the molecule is COC(C)(C)c1nc2ccc(F)c(C(=O)O)c2o1. The predicted molar refractivity (Wildman–Crippen MR) is 61.0 cm³/mol. The Bertz CT molecular complexity index is 618. The number of carbonyl (C=O) groups is 1. The molecule has 5 nitrogen and oxygen atoms in total. The van der Waals surface area contributed by atoms with Crippen LogP contribution in [0.2, 0.25) is 0 Å². The molecule has 0 saturated heterocycles. The van der Waals surface area contributed by atoms with Crippen molar-refractivity contribution in [2.45, 2.75) is 19.4 Å². The summed E-state index contributed by atoms with van der Waals surface area (Å²) in [5.41, 5.74) is -1.12. The van der Waals surface area contributed by atoms with E-state index >= 15 is 0 Å². The van der Waals surface area contributed by atoms with Crippen LogP contribution < -0.4 is 0 Å². The van der Waals surface area contributed by atoms with Crippen molar-refractivity contribution < 1.29 is 23.4 Å². The van der Waals surface area contributed by atoms with Crippen molar-refractivity contribution in [3.63, 3.8) is 0 Å². The molecule has 1 heterocycles. The van der Waals surface area contributed by atoms with Gasteiger partial charge in [0.2, 0.25) is 5.89 Å². The van der Waals surface area contributed by atoms with Crippen LogP contribution >= 0.6 is 0 Å². The van der Waals surface area contributed by atoms with Crippen LogP contribution in [0.1, 0.15) is 30.1 Å². The summed E-state index contributed by atoms with van der Waals surface area (Å²) in [6, 6.07) is 2.42. The average molecular weight is 253 g/mol. The van der Waals surface area contributed by atoms with Crippen molar-refractivity contribution in [2.24, 2.45) is 0 Å². The van der Waals surface area contributed by atoms with Crippen molar-refractivity contribution in [2.75, 3.05) is 7.11 Å². The molecule has 2 aromatic rings. The Balaban J connectivity index is 2.73. The van der Waals surface area contributed by atoms with E-state index in [9.17, 15) is 9.18 Å². The van der Waals surface area contributed by atoms with Crippen molar-refractivity contribution >= 4 is 17.1 Å². The van der Waals surface area contributed by atoms with Crippen LogP contribution in [0.5, 0.6) is 0 Å². The molecule has 1 aromatic carbocycles. The van der Waals surface area contributed by atoms with E-state index in [4.69, 9.17) is 14.3 Å². The zero-order chi connectivity index (χ0) is 13.5. The first-order valence-electron chi connectivity index (χ1n) is 5.25. The van der Waals surface area contributed by atoms with Gasteiger partial charge in [-0.3, -0.25) is 0 Å². The standard InChI is InChI=1S/C12H12FNO4/c1-12(2,17-3)11-14-7-5-4-6(13)8(10(15)16)9(7)18-11/h4-5H,1-3H3,(H,15,16). The van der Waals surface area contributed by atoms with E-state index in [0.29, 0.717) is 0 Å². The van der Waals surface area contributed by atoms with Crippen LogP contribution in [0.15, 0.2) is 16.5 Å². The summed E-state index contributed by atoms with van der Waals surface area (Å²) in [4.78, 5) is 15.1. The molecule has 0 saturated carbocycles. The molecule has 0 radical (unpaired) electrons. The molecule has 2 rings (SSSR count). The molecule has 6 heteroatoms. The summed E-state index contributed by atoms with van der Waals surface area (Å²) < 4.78 is 24.0. The highest BCUT2D eigenvalue weighted by Crippen LogP contribution is 2.29. The van der Waals surface area contributed by atoms with Gasteiger partial charge < -0.3 is 14.3 Å². The quantitative estimate of drug-likeness (QED) is 0.909. The third-order valence-electron chi connectivity index (χ3n) is 2.75. The summed E-state index contributed by atoms with van der Waals surface area (Å²) in [5.74, 6) is -2.04. The molecule has 0 atom stereocenters. The Morgan fingerprint density at radius 2 is 2.17 bits per heavy atom. The number of oxazole rings is 1. The van der Waals surface area contributed by atoms with Crippen molar-refractivity contribution in [1.82, 2.24) is 4.98 Å². The highest BCUT2D eigenvalue weighted by molar-refractivity contribution is 6.00. The number of benzene rings is 1.